The third-order valence-corrected chi connectivity index (χ3v) is 6.56. The monoisotopic (exact) mass is 466 g/mol. The smallest absolute Gasteiger partial charge is 0.273 e. The number of piperazine rings is 1. The van der Waals surface area contributed by atoms with E-state index in [9.17, 15) is 4.79 Å². The van der Waals surface area contributed by atoms with Crippen LogP contribution in [-0.2, 0) is 6.61 Å². The van der Waals surface area contributed by atoms with Gasteiger partial charge in [0.1, 0.15) is 12.4 Å². The van der Waals surface area contributed by atoms with E-state index in [0.717, 1.165) is 55.5 Å². The second-order valence-corrected chi connectivity index (χ2v) is 8.93. The molecule has 1 fully saturated rings. The van der Waals surface area contributed by atoms with E-state index in [0.29, 0.717) is 23.6 Å². The lowest BCUT2D eigenvalue weighted by Gasteiger charge is -2.37. The van der Waals surface area contributed by atoms with E-state index < -0.39 is 0 Å². The summed E-state index contributed by atoms with van der Waals surface area (Å²) in [6.07, 6.45) is 0.876. The molecule has 8 heteroatoms. The number of amides is 1. The number of benzene rings is 2. The van der Waals surface area contributed by atoms with Gasteiger partial charge in [-0.05, 0) is 49.7 Å². The molecule has 3 aromatic rings. The lowest BCUT2D eigenvalue weighted by Crippen LogP contribution is -2.47. The molecule has 0 atom stereocenters. The SMILES string of the molecule is Cc1ccc(Cl)cc1N1CCN(CCCNC(=O)c2noc3c2COc2ccccc2-3)CC1. The van der Waals surface area contributed by atoms with Gasteiger partial charge in [-0.15, -0.1) is 0 Å². The maximum atomic E-state index is 12.7. The van der Waals surface area contributed by atoms with Gasteiger partial charge in [-0.3, -0.25) is 9.69 Å². The first-order valence-electron chi connectivity index (χ1n) is 11.3. The molecule has 2 aromatic carbocycles. The molecule has 3 heterocycles. The summed E-state index contributed by atoms with van der Waals surface area (Å²) in [6.45, 7) is 7.87. The van der Waals surface area contributed by atoms with Crippen molar-refractivity contribution in [2.24, 2.45) is 0 Å². The van der Waals surface area contributed by atoms with Crippen molar-refractivity contribution in [3.05, 3.63) is 64.3 Å². The van der Waals surface area contributed by atoms with Crippen molar-refractivity contribution < 1.29 is 14.1 Å². The quantitative estimate of drug-likeness (QED) is 0.550. The van der Waals surface area contributed by atoms with Gasteiger partial charge in [0, 0.05) is 43.4 Å². The number of hydrogen-bond donors (Lipinski definition) is 1. The van der Waals surface area contributed by atoms with E-state index >= 15 is 0 Å². The van der Waals surface area contributed by atoms with Crippen LogP contribution in [-0.4, -0.2) is 55.2 Å². The summed E-state index contributed by atoms with van der Waals surface area (Å²) in [6, 6.07) is 13.7. The number of carbonyl (C=O) groups excluding carboxylic acids is 1. The van der Waals surface area contributed by atoms with Gasteiger partial charge in [0.15, 0.2) is 11.5 Å². The third kappa shape index (κ3) is 4.56. The Morgan fingerprint density at radius 3 is 2.82 bits per heavy atom. The maximum absolute atomic E-state index is 12.7. The van der Waals surface area contributed by atoms with Crippen molar-refractivity contribution in [2.45, 2.75) is 20.0 Å². The number of carbonyl (C=O) groups is 1. The van der Waals surface area contributed by atoms with Gasteiger partial charge in [0.05, 0.1) is 11.1 Å². The van der Waals surface area contributed by atoms with Crippen molar-refractivity contribution in [3.8, 4) is 17.1 Å². The van der Waals surface area contributed by atoms with Crippen LogP contribution in [0.1, 0.15) is 28.0 Å². The molecule has 1 aromatic heterocycles. The molecule has 0 bridgehead atoms. The molecule has 1 N–H and O–H groups in total. The summed E-state index contributed by atoms with van der Waals surface area (Å²) in [7, 11) is 0. The van der Waals surface area contributed by atoms with Crippen LogP contribution < -0.4 is 15.0 Å². The highest BCUT2D eigenvalue weighted by Gasteiger charge is 2.28. The van der Waals surface area contributed by atoms with Gasteiger partial charge in [-0.2, -0.15) is 0 Å². The van der Waals surface area contributed by atoms with Gasteiger partial charge in [-0.25, -0.2) is 0 Å². The van der Waals surface area contributed by atoms with Gasteiger partial charge >= 0.3 is 0 Å². The van der Waals surface area contributed by atoms with Crippen LogP contribution in [0.4, 0.5) is 5.69 Å². The van der Waals surface area contributed by atoms with E-state index in [1.54, 1.807) is 0 Å². The zero-order valence-corrected chi connectivity index (χ0v) is 19.4. The number of para-hydroxylation sites is 1. The molecular weight excluding hydrogens is 440 g/mol. The molecule has 1 amide bonds. The summed E-state index contributed by atoms with van der Waals surface area (Å²) >= 11 is 6.18. The largest absolute Gasteiger partial charge is 0.488 e. The molecule has 172 valence electrons. The van der Waals surface area contributed by atoms with Crippen LogP contribution in [0.25, 0.3) is 11.3 Å². The fourth-order valence-corrected chi connectivity index (χ4v) is 4.65. The van der Waals surface area contributed by atoms with Crippen LogP contribution in [0.5, 0.6) is 5.75 Å². The molecular formula is C25H27ClN4O3. The predicted octanol–water partition coefficient (Wildman–Crippen LogP) is 4.14. The van der Waals surface area contributed by atoms with Gasteiger partial charge in [0.25, 0.3) is 5.91 Å². The number of anilines is 1. The fourth-order valence-electron chi connectivity index (χ4n) is 4.49. The Labute approximate surface area is 198 Å². The van der Waals surface area contributed by atoms with Crippen LogP contribution in [0.3, 0.4) is 0 Å². The molecule has 7 nitrogen and oxygen atoms in total. The van der Waals surface area contributed by atoms with Crippen molar-refractivity contribution in [3.63, 3.8) is 0 Å². The molecule has 0 saturated carbocycles. The number of aromatic nitrogens is 1. The second kappa shape index (κ2) is 9.45. The van der Waals surface area contributed by atoms with E-state index in [4.69, 9.17) is 20.9 Å². The lowest BCUT2D eigenvalue weighted by atomic mass is 10.0. The Balaban J connectivity index is 1.09. The molecule has 0 radical (unpaired) electrons. The minimum absolute atomic E-state index is 0.218. The summed E-state index contributed by atoms with van der Waals surface area (Å²) in [5.74, 6) is 1.15. The lowest BCUT2D eigenvalue weighted by molar-refractivity contribution is 0.0940. The number of nitrogens with zero attached hydrogens (tertiary/aromatic N) is 3. The first-order valence-corrected chi connectivity index (χ1v) is 11.7. The third-order valence-electron chi connectivity index (χ3n) is 6.33. The standard InChI is InChI=1S/C25H27ClN4O3/c1-17-7-8-18(26)15-21(17)30-13-11-29(12-14-30)10-4-9-27-25(31)23-20-16-32-22-6-3-2-5-19(22)24(20)33-28-23/h2-3,5-8,15H,4,9-14,16H2,1H3,(H,27,31). The minimum atomic E-state index is -0.218. The number of rotatable bonds is 6. The van der Waals surface area contributed by atoms with E-state index in [2.05, 4.69) is 33.3 Å². The predicted molar refractivity (Wildman–Crippen MR) is 128 cm³/mol. The Kier molecular flexibility index (Phi) is 6.24. The average molecular weight is 467 g/mol. The fraction of sp³-hybridized carbons (Fsp3) is 0.360. The zero-order chi connectivity index (χ0) is 22.8. The van der Waals surface area contributed by atoms with Crippen molar-refractivity contribution in [1.29, 1.82) is 0 Å². The highest BCUT2D eigenvalue weighted by atomic mass is 35.5. The number of halogens is 1. The number of ether oxygens (including phenoxy) is 1. The summed E-state index contributed by atoms with van der Waals surface area (Å²) in [5.41, 5.74) is 4.32. The normalized spacial score (nSPS) is 15.5. The van der Waals surface area contributed by atoms with Crippen molar-refractivity contribution >= 4 is 23.2 Å². The van der Waals surface area contributed by atoms with Crippen LogP contribution >= 0.6 is 11.6 Å². The maximum Gasteiger partial charge on any atom is 0.273 e. The summed E-state index contributed by atoms with van der Waals surface area (Å²) in [4.78, 5) is 17.5. The number of aryl methyl sites for hydroxylation is 1. The second-order valence-electron chi connectivity index (χ2n) is 8.49. The van der Waals surface area contributed by atoms with Gasteiger partial charge < -0.3 is 19.5 Å². The number of nitrogens with one attached hydrogen (secondary N) is 1. The van der Waals surface area contributed by atoms with Crippen LogP contribution in [0.15, 0.2) is 47.0 Å². The number of hydrogen-bond acceptors (Lipinski definition) is 6. The molecule has 0 unspecified atom stereocenters. The highest BCUT2D eigenvalue weighted by molar-refractivity contribution is 6.30. The topological polar surface area (TPSA) is 70.8 Å². The molecule has 0 aliphatic carbocycles. The van der Waals surface area contributed by atoms with E-state index in [-0.39, 0.29) is 12.5 Å². The molecule has 5 rings (SSSR count). The zero-order valence-electron chi connectivity index (χ0n) is 18.6. The molecule has 2 aliphatic heterocycles. The number of fused-ring (bicyclic) bond motifs is 3. The van der Waals surface area contributed by atoms with Crippen molar-refractivity contribution in [1.82, 2.24) is 15.4 Å². The van der Waals surface area contributed by atoms with Crippen LogP contribution in [0.2, 0.25) is 5.02 Å². The molecule has 33 heavy (non-hydrogen) atoms. The average Bonchev–Trinajstić information content (AvgIpc) is 3.28. The Hall–Kier alpha value is -3.03. The van der Waals surface area contributed by atoms with E-state index in [1.807, 2.05) is 36.4 Å². The Morgan fingerprint density at radius 2 is 1.97 bits per heavy atom. The Bertz CT molecular complexity index is 1150. The highest BCUT2D eigenvalue weighted by Crippen LogP contribution is 2.38. The van der Waals surface area contributed by atoms with Gasteiger partial charge in [-0.1, -0.05) is 35.0 Å². The molecule has 2 aliphatic rings. The summed E-state index contributed by atoms with van der Waals surface area (Å²) in [5, 5.41) is 7.78. The Morgan fingerprint density at radius 1 is 1.15 bits per heavy atom. The molecule has 0 spiro atoms. The van der Waals surface area contributed by atoms with Gasteiger partial charge in [0.2, 0.25) is 0 Å². The minimum Gasteiger partial charge on any atom is -0.488 e. The summed E-state index contributed by atoms with van der Waals surface area (Å²) < 4.78 is 11.2. The molecule has 1 saturated heterocycles. The first-order chi connectivity index (χ1) is 16.1. The first kappa shape index (κ1) is 21.8. The van der Waals surface area contributed by atoms with Crippen molar-refractivity contribution in [2.75, 3.05) is 44.2 Å². The van der Waals surface area contributed by atoms with E-state index in [1.165, 1.54) is 11.3 Å². The van der Waals surface area contributed by atoms with Crippen LogP contribution in [0, 0.1) is 6.92 Å².